The van der Waals surface area contributed by atoms with Crippen LogP contribution in [0.15, 0.2) is 48.7 Å². The van der Waals surface area contributed by atoms with Crippen LogP contribution in [0.4, 0.5) is 10.1 Å². The second kappa shape index (κ2) is 4.72. The monoisotopic (exact) mass is 255 g/mol. The summed E-state index contributed by atoms with van der Waals surface area (Å²) in [5.41, 5.74) is 3.75. The number of hydrogen-bond acceptors (Lipinski definition) is 2. The SMILES string of the molecule is Cc1cccc2nc(CNc3cccc(F)c3)cn12. The first-order valence-electron chi connectivity index (χ1n) is 6.15. The van der Waals surface area contributed by atoms with E-state index in [1.807, 2.05) is 41.8 Å². The van der Waals surface area contributed by atoms with Gasteiger partial charge in [0.05, 0.1) is 12.2 Å². The zero-order valence-electron chi connectivity index (χ0n) is 10.6. The number of imidazole rings is 1. The van der Waals surface area contributed by atoms with Crippen molar-refractivity contribution in [1.82, 2.24) is 9.38 Å². The number of hydrogen-bond donors (Lipinski definition) is 1. The smallest absolute Gasteiger partial charge is 0.137 e. The molecule has 0 atom stereocenters. The van der Waals surface area contributed by atoms with Gasteiger partial charge in [-0.3, -0.25) is 0 Å². The van der Waals surface area contributed by atoms with Crippen molar-refractivity contribution in [2.75, 3.05) is 5.32 Å². The normalized spacial score (nSPS) is 10.8. The van der Waals surface area contributed by atoms with Crippen LogP contribution in [-0.2, 0) is 6.54 Å². The van der Waals surface area contributed by atoms with Gasteiger partial charge in [-0.1, -0.05) is 12.1 Å². The van der Waals surface area contributed by atoms with E-state index in [-0.39, 0.29) is 5.82 Å². The highest BCUT2D eigenvalue weighted by atomic mass is 19.1. The first-order chi connectivity index (χ1) is 9.22. The molecule has 3 aromatic rings. The van der Waals surface area contributed by atoms with E-state index in [1.165, 1.54) is 12.1 Å². The number of benzene rings is 1. The minimum atomic E-state index is -0.240. The summed E-state index contributed by atoms with van der Waals surface area (Å²) in [4.78, 5) is 4.52. The number of anilines is 1. The fourth-order valence-electron chi connectivity index (χ4n) is 2.08. The molecule has 19 heavy (non-hydrogen) atoms. The van der Waals surface area contributed by atoms with Gasteiger partial charge in [0.15, 0.2) is 0 Å². The Kier molecular flexibility index (Phi) is 2.91. The summed E-state index contributed by atoms with van der Waals surface area (Å²) in [6.07, 6.45) is 2.00. The van der Waals surface area contributed by atoms with Crippen molar-refractivity contribution in [3.05, 3.63) is 65.9 Å². The van der Waals surface area contributed by atoms with Crippen molar-refractivity contribution < 1.29 is 4.39 Å². The molecule has 4 heteroatoms. The summed E-state index contributed by atoms with van der Waals surface area (Å²) >= 11 is 0. The molecule has 0 saturated carbocycles. The van der Waals surface area contributed by atoms with Gasteiger partial charge >= 0.3 is 0 Å². The summed E-state index contributed by atoms with van der Waals surface area (Å²) < 4.78 is 15.1. The van der Waals surface area contributed by atoms with E-state index in [2.05, 4.69) is 10.3 Å². The molecule has 0 aliphatic rings. The summed E-state index contributed by atoms with van der Waals surface area (Å²) in [5.74, 6) is -0.240. The Balaban J connectivity index is 1.80. The topological polar surface area (TPSA) is 29.3 Å². The van der Waals surface area contributed by atoms with E-state index in [0.717, 1.165) is 22.7 Å². The van der Waals surface area contributed by atoms with Crippen LogP contribution >= 0.6 is 0 Å². The van der Waals surface area contributed by atoms with Gasteiger partial charge < -0.3 is 9.72 Å². The van der Waals surface area contributed by atoms with Crippen LogP contribution in [0.5, 0.6) is 0 Å². The van der Waals surface area contributed by atoms with E-state index in [1.54, 1.807) is 6.07 Å². The van der Waals surface area contributed by atoms with Crippen molar-refractivity contribution in [2.24, 2.45) is 0 Å². The van der Waals surface area contributed by atoms with Crippen molar-refractivity contribution in [1.29, 1.82) is 0 Å². The lowest BCUT2D eigenvalue weighted by Crippen LogP contribution is -1.99. The van der Waals surface area contributed by atoms with Gasteiger partial charge in [0, 0.05) is 17.6 Å². The first-order valence-corrected chi connectivity index (χ1v) is 6.15. The molecule has 0 spiro atoms. The molecule has 0 radical (unpaired) electrons. The fourth-order valence-corrected chi connectivity index (χ4v) is 2.08. The number of nitrogens with zero attached hydrogens (tertiary/aromatic N) is 2. The van der Waals surface area contributed by atoms with Gasteiger partial charge in [-0.25, -0.2) is 9.37 Å². The number of rotatable bonds is 3. The van der Waals surface area contributed by atoms with Crippen LogP contribution in [0.1, 0.15) is 11.4 Å². The maximum absolute atomic E-state index is 13.1. The third-order valence-electron chi connectivity index (χ3n) is 3.04. The van der Waals surface area contributed by atoms with Gasteiger partial charge in [0.2, 0.25) is 0 Å². The zero-order valence-corrected chi connectivity index (χ0v) is 10.6. The van der Waals surface area contributed by atoms with E-state index < -0.39 is 0 Å². The van der Waals surface area contributed by atoms with Gasteiger partial charge in [-0.15, -0.1) is 0 Å². The van der Waals surface area contributed by atoms with Crippen molar-refractivity contribution in [3.63, 3.8) is 0 Å². The molecule has 0 unspecified atom stereocenters. The van der Waals surface area contributed by atoms with E-state index in [9.17, 15) is 4.39 Å². The molecule has 96 valence electrons. The number of halogens is 1. The lowest BCUT2D eigenvalue weighted by molar-refractivity contribution is 0.628. The molecule has 0 saturated heterocycles. The summed E-state index contributed by atoms with van der Waals surface area (Å²) in [6.45, 7) is 2.61. The summed E-state index contributed by atoms with van der Waals surface area (Å²) in [5, 5.41) is 3.17. The van der Waals surface area contributed by atoms with E-state index in [0.29, 0.717) is 6.54 Å². The Morgan fingerprint density at radius 1 is 1.21 bits per heavy atom. The number of aryl methyl sites for hydroxylation is 1. The third kappa shape index (κ3) is 2.42. The Hall–Kier alpha value is -2.36. The number of fused-ring (bicyclic) bond motifs is 1. The predicted molar refractivity (Wildman–Crippen MR) is 73.7 cm³/mol. The lowest BCUT2D eigenvalue weighted by atomic mass is 10.3. The van der Waals surface area contributed by atoms with Crippen LogP contribution in [0, 0.1) is 12.7 Å². The molecule has 3 rings (SSSR count). The van der Waals surface area contributed by atoms with E-state index >= 15 is 0 Å². The van der Waals surface area contributed by atoms with Crippen LogP contribution < -0.4 is 5.32 Å². The van der Waals surface area contributed by atoms with Crippen molar-refractivity contribution >= 4 is 11.3 Å². The molecule has 3 nitrogen and oxygen atoms in total. The maximum Gasteiger partial charge on any atom is 0.137 e. The van der Waals surface area contributed by atoms with Crippen LogP contribution in [0.3, 0.4) is 0 Å². The molecular formula is C15H14FN3. The van der Waals surface area contributed by atoms with Gasteiger partial charge in [0.25, 0.3) is 0 Å². The second-order valence-electron chi connectivity index (χ2n) is 4.49. The average molecular weight is 255 g/mol. The minimum Gasteiger partial charge on any atom is -0.379 e. The molecule has 0 aliphatic carbocycles. The Morgan fingerprint density at radius 3 is 2.84 bits per heavy atom. The van der Waals surface area contributed by atoms with Gasteiger partial charge in [0.1, 0.15) is 11.5 Å². The highest BCUT2D eigenvalue weighted by Gasteiger charge is 2.03. The molecule has 0 bridgehead atoms. The molecule has 1 N–H and O–H groups in total. The molecule has 0 amide bonds. The highest BCUT2D eigenvalue weighted by molar-refractivity contribution is 5.45. The molecule has 0 aliphatic heterocycles. The van der Waals surface area contributed by atoms with Crippen molar-refractivity contribution in [3.8, 4) is 0 Å². The lowest BCUT2D eigenvalue weighted by Gasteiger charge is -2.03. The maximum atomic E-state index is 13.1. The van der Waals surface area contributed by atoms with Crippen LogP contribution in [-0.4, -0.2) is 9.38 Å². The van der Waals surface area contributed by atoms with Crippen LogP contribution in [0.25, 0.3) is 5.65 Å². The Labute approximate surface area is 110 Å². The Bertz CT molecular complexity index is 718. The summed E-state index contributed by atoms with van der Waals surface area (Å²) in [7, 11) is 0. The molecule has 2 aromatic heterocycles. The molecule has 2 heterocycles. The Morgan fingerprint density at radius 2 is 2.05 bits per heavy atom. The largest absolute Gasteiger partial charge is 0.379 e. The van der Waals surface area contributed by atoms with Crippen LogP contribution in [0.2, 0.25) is 0 Å². The van der Waals surface area contributed by atoms with Gasteiger partial charge in [-0.2, -0.15) is 0 Å². The second-order valence-corrected chi connectivity index (χ2v) is 4.49. The third-order valence-corrected chi connectivity index (χ3v) is 3.04. The van der Waals surface area contributed by atoms with Crippen molar-refractivity contribution in [2.45, 2.75) is 13.5 Å². The molecule has 0 fully saturated rings. The quantitative estimate of drug-likeness (QED) is 0.777. The zero-order chi connectivity index (χ0) is 13.2. The number of nitrogens with one attached hydrogen (secondary N) is 1. The van der Waals surface area contributed by atoms with Gasteiger partial charge in [-0.05, 0) is 37.3 Å². The minimum absolute atomic E-state index is 0.240. The van der Waals surface area contributed by atoms with E-state index in [4.69, 9.17) is 0 Å². The average Bonchev–Trinajstić information content (AvgIpc) is 2.81. The first kappa shape index (κ1) is 11.7. The number of pyridine rings is 1. The predicted octanol–water partition coefficient (Wildman–Crippen LogP) is 3.39. The highest BCUT2D eigenvalue weighted by Crippen LogP contribution is 2.12. The molecular weight excluding hydrogens is 241 g/mol. The summed E-state index contributed by atoms with van der Waals surface area (Å²) in [6, 6.07) is 12.4. The fraction of sp³-hybridized carbons (Fsp3) is 0.133. The number of aromatic nitrogens is 2. The molecule has 1 aromatic carbocycles. The standard InChI is InChI=1S/C15H14FN3/c1-11-4-2-7-15-18-14(10-19(11)15)9-17-13-6-3-5-12(16)8-13/h2-8,10,17H,9H2,1H3.